The van der Waals surface area contributed by atoms with Crippen molar-refractivity contribution in [2.45, 2.75) is 37.1 Å². The van der Waals surface area contributed by atoms with Gasteiger partial charge in [-0.15, -0.1) is 0 Å². The second-order valence-corrected chi connectivity index (χ2v) is 6.95. The molecule has 0 spiro atoms. The number of rotatable bonds is 1. The van der Waals surface area contributed by atoms with E-state index >= 15 is 0 Å². The maximum Gasteiger partial charge on any atom is 0.112 e. The smallest absolute Gasteiger partial charge is 0.112 e. The van der Waals surface area contributed by atoms with Gasteiger partial charge in [0.05, 0.1) is 0 Å². The number of aromatic nitrogens is 1. The third kappa shape index (κ3) is 1.25. The Balaban J connectivity index is 1.82. The van der Waals surface area contributed by atoms with Gasteiger partial charge in [0, 0.05) is 42.1 Å². The Morgan fingerprint density at radius 1 is 1.20 bits per heavy atom. The van der Waals surface area contributed by atoms with Crippen molar-refractivity contribution in [1.29, 1.82) is 0 Å². The van der Waals surface area contributed by atoms with Gasteiger partial charge >= 0.3 is 0 Å². The van der Waals surface area contributed by atoms with Gasteiger partial charge in [-0.3, -0.25) is 0 Å². The minimum atomic E-state index is -0.0229. The van der Waals surface area contributed by atoms with E-state index in [2.05, 4.69) is 34.7 Å². The van der Waals surface area contributed by atoms with Crippen LogP contribution in [0.15, 0.2) is 18.2 Å². The van der Waals surface area contributed by atoms with Gasteiger partial charge in [0.25, 0.3) is 0 Å². The maximum atomic E-state index is 6.40. The maximum absolute atomic E-state index is 6.40. The Labute approximate surface area is 119 Å². The third-order valence-electron chi connectivity index (χ3n) is 5.77. The SMILES string of the molecule is Cn1c2c(c3cc(C4(N)CC4)ccc31)C1CCN2CC1. The minimum absolute atomic E-state index is 0.0229. The van der Waals surface area contributed by atoms with Crippen molar-refractivity contribution in [1.82, 2.24) is 4.57 Å². The molecule has 0 amide bonds. The fourth-order valence-corrected chi connectivity index (χ4v) is 4.36. The zero-order valence-electron chi connectivity index (χ0n) is 12.0. The van der Waals surface area contributed by atoms with E-state index in [1.807, 2.05) is 0 Å². The molecule has 6 rings (SSSR count). The summed E-state index contributed by atoms with van der Waals surface area (Å²) in [6, 6.07) is 6.93. The molecule has 2 bridgehead atoms. The van der Waals surface area contributed by atoms with E-state index in [1.54, 1.807) is 5.56 Å². The summed E-state index contributed by atoms with van der Waals surface area (Å²) < 4.78 is 2.40. The highest BCUT2D eigenvalue weighted by Crippen LogP contribution is 2.49. The van der Waals surface area contributed by atoms with Crippen LogP contribution < -0.4 is 10.6 Å². The number of fused-ring (bicyclic) bond motifs is 3. The summed E-state index contributed by atoms with van der Waals surface area (Å²) >= 11 is 0. The lowest BCUT2D eigenvalue weighted by Crippen LogP contribution is -2.39. The average Bonchev–Trinajstić information content (AvgIpc) is 3.17. The van der Waals surface area contributed by atoms with Gasteiger partial charge in [-0.25, -0.2) is 0 Å². The molecular formula is C17H21N3. The number of hydrogen-bond donors (Lipinski definition) is 1. The van der Waals surface area contributed by atoms with E-state index in [1.165, 1.54) is 48.2 Å². The summed E-state index contributed by atoms with van der Waals surface area (Å²) in [5.41, 5.74) is 10.7. The van der Waals surface area contributed by atoms with E-state index < -0.39 is 0 Å². The number of nitrogens with two attached hydrogens (primary N) is 1. The summed E-state index contributed by atoms with van der Waals surface area (Å²) in [5.74, 6) is 2.24. The van der Waals surface area contributed by atoms with Crippen molar-refractivity contribution < 1.29 is 0 Å². The monoisotopic (exact) mass is 267 g/mol. The molecule has 1 aromatic carbocycles. The fourth-order valence-electron chi connectivity index (χ4n) is 4.36. The van der Waals surface area contributed by atoms with Crippen molar-refractivity contribution >= 4 is 16.7 Å². The van der Waals surface area contributed by atoms with Gasteiger partial charge in [0.1, 0.15) is 5.82 Å². The lowest BCUT2D eigenvalue weighted by Gasteiger charge is -2.41. The lowest BCUT2D eigenvalue weighted by molar-refractivity contribution is 0.469. The Hall–Kier alpha value is -1.48. The molecule has 104 valence electrons. The largest absolute Gasteiger partial charge is 0.358 e. The lowest BCUT2D eigenvalue weighted by atomic mass is 9.84. The van der Waals surface area contributed by atoms with Crippen LogP contribution >= 0.6 is 0 Å². The second kappa shape index (κ2) is 3.40. The van der Waals surface area contributed by atoms with Crippen LogP contribution in [0, 0.1) is 0 Å². The molecule has 0 unspecified atom stereocenters. The molecule has 20 heavy (non-hydrogen) atoms. The van der Waals surface area contributed by atoms with Gasteiger partial charge in [0.15, 0.2) is 0 Å². The Morgan fingerprint density at radius 2 is 1.95 bits per heavy atom. The Morgan fingerprint density at radius 3 is 2.65 bits per heavy atom. The Bertz CT molecular complexity index is 715. The second-order valence-electron chi connectivity index (χ2n) is 6.95. The Kier molecular flexibility index (Phi) is 1.90. The molecule has 3 heteroatoms. The van der Waals surface area contributed by atoms with Crippen molar-refractivity contribution in [3.63, 3.8) is 0 Å². The number of nitrogens with zero attached hydrogens (tertiary/aromatic N) is 2. The molecule has 1 aliphatic carbocycles. The summed E-state index contributed by atoms with van der Waals surface area (Å²) in [6.07, 6.45) is 4.93. The van der Waals surface area contributed by atoms with Crippen LogP contribution in [0.4, 0.5) is 5.82 Å². The van der Waals surface area contributed by atoms with E-state index in [9.17, 15) is 0 Å². The molecule has 2 N–H and O–H groups in total. The predicted octanol–water partition coefficient (Wildman–Crippen LogP) is 2.82. The first-order valence-electron chi connectivity index (χ1n) is 7.84. The summed E-state index contributed by atoms with van der Waals surface area (Å²) in [5, 5.41) is 1.46. The molecule has 3 nitrogen and oxygen atoms in total. The average molecular weight is 267 g/mol. The number of aryl methyl sites for hydroxylation is 1. The number of benzene rings is 1. The van der Waals surface area contributed by atoms with Crippen molar-refractivity contribution in [2.75, 3.05) is 18.0 Å². The summed E-state index contributed by atoms with van der Waals surface area (Å²) in [7, 11) is 2.22. The fraction of sp³-hybridized carbons (Fsp3) is 0.529. The van der Waals surface area contributed by atoms with Crippen LogP contribution in [0.5, 0.6) is 0 Å². The van der Waals surface area contributed by atoms with Crippen LogP contribution in [0.1, 0.15) is 42.7 Å². The van der Waals surface area contributed by atoms with Crippen LogP contribution in [0.2, 0.25) is 0 Å². The molecule has 4 aliphatic rings. The van der Waals surface area contributed by atoms with Gasteiger partial charge in [-0.2, -0.15) is 0 Å². The topological polar surface area (TPSA) is 34.2 Å². The molecule has 1 saturated heterocycles. The molecule has 3 aliphatic heterocycles. The summed E-state index contributed by atoms with van der Waals surface area (Å²) in [4.78, 5) is 2.57. The number of anilines is 1. The first-order valence-corrected chi connectivity index (χ1v) is 7.84. The van der Waals surface area contributed by atoms with Gasteiger partial charge < -0.3 is 15.2 Å². The quantitative estimate of drug-likeness (QED) is 0.862. The minimum Gasteiger partial charge on any atom is -0.358 e. The predicted molar refractivity (Wildman–Crippen MR) is 82.2 cm³/mol. The first kappa shape index (κ1) is 11.2. The number of hydrogen-bond acceptors (Lipinski definition) is 2. The molecule has 2 aromatic rings. The molecule has 0 atom stereocenters. The van der Waals surface area contributed by atoms with E-state index in [4.69, 9.17) is 5.73 Å². The molecule has 2 fully saturated rings. The zero-order valence-corrected chi connectivity index (χ0v) is 12.0. The highest BCUT2D eigenvalue weighted by atomic mass is 15.3. The van der Waals surface area contributed by atoms with Crippen LogP contribution in [-0.4, -0.2) is 17.7 Å². The molecular weight excluding hydrogens is 246 g/mol. The van der Waals surface area contributed by atoms with Crippen molar-refractivity contribution in [2.24, 2.45) is 12.8 Å². The summed E-state index contributed by atoms with van der Waals surface area (Å²) in [6.45, 7) is 2.46. The molecule has 0 radical (unpaired) electrons. The molecule has 1 aromatic heterocycles. The van der Waals surface area contributed by atoms with E-state index in [-0.39, 0.29) is 5.54 Å². The zero-order chi connectivity index (χ0) is 13.5. The third-order valence-corrected chi connectivity index (χ3v) is 5.77. The van der Waals surface area contributed by atoms with Crippen LogP contribution in [0.25, 0.3) is 10.9 Å². The van der Waals surface area contributed by atoms with Crippen molar-refractivity contribution in [3.8, 4) is 0 Å². The van der Waals surface area contributed by atoms with Gasteiger partial charge in [-0.05, 0) is 49.3 Å². The normalized spacial score (nSPS) is 23.4. The van der Waals surface area contributed by atoms with Crippen LogP contribution in [-0.2, 0) is 12.6 Å². The highest BCUT2D eigenvalue weighted by Gasteiger charge is 2.41. The molecule has 4 heterocycles. The first-order chi connectivity index (χ1) is 9.67. The van der Waals surface area contributed by atoms with E-state index in [0.29, 0.717) is 0 Å². The highest BCUT2D eigenvalue weighted by molar-refractivity contribution is 5.92. The van der Waals surface area contributed by atoms with Gasteiger partial charge in [0.2, 0.25) is 0 Å². The standard InChI is InChI=1S/C17H21N3/c1-19-14-3-2-12(17(18)6-7-17)10-13(14)15-11-4-8-20(9-5-11)16(15)19/h2-3,10-11H,4-9,18H2,1H3. The van der Waals surface area contributed by atoms with E-state index in [0.717, 1.165) is 18.8 Å². The number of piperidine rings is 1. The van der Waals surface area contributed by atoms with Crippen molar-refractivity contribution in [3.05, 3.63) is 29.3 Å². The molecule has 1 saturated carbocycles. The van der Waals surface area contributed by atoms with Crippen LogP contribution in [0.3, 0.4) is 0 Å². The van der Waals surface area contributed by atoms with Gasteiger partial charge in [-0.1, -0.05) is 6.07 Å².